The van der Waals surface area contributed by atoms with Crippen molar-refractivity contribution < 1.29 is 14.2 Å². The SMILES string of the molecule is CCN1CCCC(O)(c2nc(C)c(CCOc3ccc(F)cc3)s2)CC1. The molecule has 0 aliphatic carbocycles. The summed E-state index contributed by atoms with van der Waals surface area (Å²) < 4.78 is 18.6. The number of aliphatic hydroxyl groups is 1. The van der Waals surface area contributed by atoms with E-state index >= 15 is 0 Å². The second-order valence-corrected chi connectivity index (χ2v) is 7.98. The van der Waals surface area contributed by atoms with E-state index in [1.165, 1.54) is 12.1 Å². The van der Waals surface area contributed by atoms with Crippen LogP contribution in [-0.4, -0.2) is 41.2 Å². The summed E-state index contributed by atoms with van der Waals surface area (Å²) in [6, 6.07) is 6.06. The van der Waals surface area contributed by atoms with E-state index in [4.69, 9.17) is 4.74 Å². The van der Waals surface area contributed by atoms with E-state index in [-0.39, 0.29) is 5.82 Å². The maximum absolute atomic E-state index is 12.9. The summed E-state index contributed by atoms with van der Waals surface area (Å²) in [6.07, 6.45) is 3.23. The molecule has 0 bridgehead atoms. The maximum atomic E-state index is 12.9. The number of rotatable bonds is 6. The second-order valence-electron chi connectivity index (χ2n) is 6.90. The molecule has 1 fully saturated rings. The molecule has 1 aromatic carbocycles. The molecule has 1 saturated heterocycles. The van der Waals surface area contributed by atoms with E-state index in [1.54, 1.807) is 23.5 Å². The zero-order valence-electron chi connectivity index (χ0n) is 15.5. The predicted molar refractivity (Wildman–Crippen MR) is 102 cm³/mol. The van der Waals surface area contributed by atoms with Crippen molar-refractivity contribution >= 4 is 11.3 Å². The van der Waals surface area contributed by atoms with E-state index in [1.807, 2.05) is 6.92 Å². The van der Waals surface area contributed by atoms with Crippen molar-refractivity contribution in [2.24, 2.45) is 0 Å². The van der Waals surface area contributed by atoms with E-state index in [9.17, 15) is 9.50 Å². The van der Waals surface area contributed by atoms with Gasteiger partial charge >= 0.3 is 0 Å². The van der Waals surface area contributed by atoms with Crippen LogP contribution in [0.1, 0.15) is 41.8 Å². The van der Waals surface area contributed by atoms with Crippen LogP contribution >= 0.6 is 11.3 Å². The Bertz CT molecular complexity index is 719. The quantitative estimate of drug-likeness (QED) is 0.828. The van der Waals surface area contributed by atoms with Crippen molar-refractivity contribution in [2.75, 3.05) is 26.2 Å². The van der Waals surface area contributed by atoms with Gasteiger partial charge in [-0.15, -0.1) is 11.3 Å². The Hall–Kier alpha value is -1.50. The van der Waals surface area contributed by atoms with Crippen molar-refractivity contribution in [3.63, 3.8) is 0 Å². The molecule has 0 amide bonds. The number of aromatic nitrogens is 1. The number of nitrogens with zero attached hydrogens (tertiary/aromatic N) is 2. The minimum Gasteiger partial charge on any atom is -0.493 e. The van der Waals surface area contributed by atoms with Crippen molar-refractivity contribution in [3.05, 3.63) is 45.7 Å². The Morgan fingerprint density at radius 1 is 1.27 bits per heavy atom. The molecule has 1 aliphatic rings. The van der Waals surface area contributed by atoms with E-state index in [0.29, 0.717) is 12.4 Å². The van der Waals surface area contributed by atoms with Gasteiger partial charge in [-0.3, -0.25) is 0 Å². The minimum atomic E-state index is -0.810. The molecule has 1 atom stereocenters. The molecule has 1 aliphatic heterocycles. The lowest BCUT2D eigenvalue weighted by atomic mass is 9.96. The Kier molecular flexibility index (Phi) is 6.27. The first-order valence-corrected chi connectivity index (χ1v) is 10.1. The zero-order chi connectivity index (χ0) is 18.6. The van der Waals surface area contributed by atoms with Crippen molar-refractivity contribution in [1.82, 2.24) is 9.88 Å². The first-order chi connectivity index (χ1) is 12.5. The summed E-state index contributed by atoms with van der Waals surface area (Å²) in [6.45, 7) is 7.65. The molecule has 4 nitrogen and oxygen atoms in total. The van der Waals surface area contributed by atoms with Gasteiger partial charge in [0.2, 0.25) is 0 Å². The number of hydrogen-bond donors (Lipinski definition) is 1. The third kappa shape index (κ3) is 4.61. The van der Waals surface area contributed by atoms with Gasteiger partial charge in [-0.05, 0) is 63.5 Å². The summed E-state index contributed by atoms with van der Waals surface area (Å²) in [5.41, 5.74) is 0.160. The fourth-order valence-corrected chi connectivity index (χ4v) is 4.55. The van der Waals surface area contributed by atoms with Gasteiger partial charge in [0.1, 0.15) is 22.2 Å². The molecule has 0 spiro atoms. The lowest BCUT2D eigenvalue weighted by Gasteiger charge is -2.24. The molecule has 142 valence electrons. The van der Waals surface area contributed by atoms with Gasteiger partial charge in [0.25, 0.3) is 0 Å². The zero-order valence-corrected chi connectivity index (χ0v) is 16.3. The number of likely N-dealkylation sites (tertiary alicyclic amines) is 1. The Labute approximate surface area is 158 Å². The van der Waals surface area contributed by atoms with Crippen molar-refractivity contribution in [3.8, 4) is 5.75 Å². The van der Waals surface area contributed by atoms with Crippen molar-refractivity contribution in [1.29, 1.82) is 0 Å². The van der Waals surface area contributed by atoms with E-state index in [2.05, 4.69) is 16.8 Å². The Morgan fingerprint density at radius 3 is 2.77 bits per heavy atom. The second kappa shape index (κ2) is 8.46. The Morgan fingerprint density at radius 2 is 2.04 bits per heavy atom. The summed E-state index contributed by atoms with van der Waals surface area (Å²) in [7, 11) is 0. The van der Waals surface area contributed by atoms with Gasteiger partial charge in [0.05, 0.1) is 12.3 Å². The fourth-order valence-electron chi connectivity index (χ4n) is 3.36. The molecule has 2 heterocycles. The highest BCUT2D eigenvalue weighted by Crippen LogP contribution is 2.36. The standard InChI is InChI=1S/C20H27FN2O2S/c1-3-23-12-4-10-20(24,11-13-23)19-22-15(2)18(26-19)9-14-25-17-7-5-16(21)6-8-17/h5-8,24H,3-4,9-14H2,1-2H3. The topological polar surface area (TPSA) is 45.6 Å². The van der Waals surface area contributed by atoms with Gasteiger partial charge in [0.15, 0.2) is 0 Å². The number of thiazole rings is 1. The van der Waals surface area contributed by atoms with Gasteiger partial charge in [-0.25, -0.2) is 9.37 Å². The molecule has 1 aromatic heterocycles. The van der Waals surface area contributed by atoms with Crippen LogP contribution in [0.5, 0.6) is 5.75 Å². The largest absolute Gasteiger partial charge is 0.493 e. The number of ether oxygens (including phenoxy) is 1. The third-order valence-electron chi connectivity index (χ3n) is 5.06. The smallest absolute Gasteiger partial charge is 0.125 e. The average Bonchev–Trinajstić information content (AvgIpc) is 2.89. The van der Waals surface area contributed by atoms with Crippen LogP contribution in [0.2, 0.25) is 0 Å². The van der Waals surface area contributed by atoms with E-state index in [0.717, 1.165) is 60.9 Å². The minimum absolute atomic E-state index is 0.265. The normalized spacial score (nSPS) is 21.5. The monoisotopic (exact) mass is 378 g/mol. The first kappa shape index (κ1) is 19.3. The molecule has 6 heteroatoms. The first-order valence-electron chi connectivity index (χ1n) is 9.30. The highest BCUT2D eigenvalue weighted by Gasteiger charge is 2.35. The van der Waals surface area contributed by atoms with Crippen LogP contribution in [0.4, 0.5) is 4.39 Å². The third-order valence-corrected chi connectivity index (χ3v) is 6.47. The Balaban J connectivity index is 1.62. The predicted octanol–water partition coefficient (Wildman–Crippen LogP) is 3.91. The van der Waals surface area contributed by atoms with Gasteiger partial charge in [0, 0.05) is 17.8 Å². The van der Waals surface area contributed by atoms with Crippen LogP contribution in [0.3, 0.4) is 0 Å². The average molecular weight is 379 g/mol. The van der Waals surface area contributed by atoms with Crippen LogP contribution in [0, 0.1) is 12.7 Å². The molecule has 2 aromatic rings. The summed E-state index contributed by atoms with van der Waals surface area (Å²) in [5.74, 6) is 0.398. The van der Waals surface area contributed by atoms with Gasteiger partial charge in [-0.1, -0.05) is 6.92 Å². The molecule has 0 saturated carbocycles. The highest BCUT2D eigenvalue weighted by molar-refractivity contribution is 7.11. The highest BCUT2D eigenvalue weighted by atomic mass is 32.1. The number of benzene rings is 1. The fraction of sp³-hybridized carbons (Fsp3) is 0.550. The molecule has 1 unspecified atom stereocenters. The summed E-state index contributed by atoms with van der Waals surface area (Å²) >= 11 is 1.60. The van der Waals surface area contributed by atoms with E-state index < -0.39 is 5.60 Å². The molecule has 26 heavy (non-hydrogen) atoms. The van der Waals surface area contributed by atoms with Crippen LogP contribution in [0.15, 0.2) is 24.3 Å². The lowest BCUT2D eigenvalue weighted by Crippen LogP contribution is -2.29. The number of aryl methyl sites for hydroxylation is 1. The summed E-state index contributed by atoms with van der Waals surface area (Å²) in [4.78, 5) is 8.21. The lowest BCUT2D eigenvalue weighted by molar-refractivity contribution is 0.0210. The number of hydrogen-bond acceptors (Lipinski definition) is 5. The van der Waals surface area contributed by atoms with Gasteiger partial charge < -0.3 is 14.7 Å². The van der Waals surface area contributed by atoms with Crippen LogP contribution < -0.4 is 4.74 Å². The van der Waals surface area contributed by atoms with Crippen molar-refractivity contribution in [2.45, 2.75) is 45.1 Å². The molecular weight excluding hydrogens is 351 g/mol. The van der Waals surface area contributed by atoms with Gasteiger partial charge in [-0.2, -0.15) is 0 Å². The molecular formula is C20H27FN2O2S. The maximum Gasteiger partial charge on any atom is 0.125 e. The summed E-state index contributed by atoms with van der Waals surface area (Å²) in [5, 5.41) is 12.0. The molecule has 3 rings (SSSR count). The van der Waals surface area contributed by atoms with Crippen LogP contribution in [-0.2, 0) is 12.0 Å². The molecule has 0 radical (unpaired) electrons. The molecule has 1 N–H and O–H groups in total. The van der Waals surface area contributed by atoms with Crippen LogP contribution in [0.25, 0.3) is 0 Å². The number of halogens is 1.